The highest BCUT2D eigenvalue weighted by Crippen LogP contribution is 2.37. The molecule has 0 radical (unpaired) electrons. The molecule has 28 heavy (non-hydrogen) atoms. The Morgan fingerprint density at radius 1 is 1.04 bits per heavy atom. The summed E-state index contributed by atoms with van der Waals surface area (Å²) in [6, 6.07) is 14.1. The van der Waals surface area contributed by atoms with E-state index in [0.717, 1.165) is 35.2 Å². The Morgan fingerprint density at radius 2 is 1.71 bits per heavy atom. The molecule has 0 amide bonds. The molecular weight excluding hydrogens is 467 g/mol. The van der Waals surface area contributed by atoms with Crippen LogP contribution in [0.15, 0.2) is 46.9 Å². The molecule has 5 nitrogen and oxygen atoms in total. The number of rotatable bonds is 11. The first-order chi connectivity index (χ1) is 12.6. The summed E-state index contributed by atoms with van der Waals surface area (Å²) >= 11 is 3.59. The minimum absolute atomic E-state index is 0. The molecule has 2 rings (SSSR count). The van der Waals surface area contributed by atoms with E-state index in [0.29, 0.717) is 24.7 Å². The van der Waals surface area contributed by atoms with Crippen LogP contribution in [0.4, 0.5) is 0 Å². The fraction of sp³-hybridized carbons (Fsp3) is 0.400. The molecular formula is C20H29BrCl2N2O3. The third-order valence-corrected chi connectivity index (χ3v) is 4.35. The van der Waals surface area contributed by atoms with Gasteiger partial charge in [-0.05, 0) is 46.1 Å². The third-order valence-electron chi connectivity index (χ3n) is 3.76. The van der Waals surface area contributed by atoms with E-state index in [1.807, 2.05) is 42.5 Å². The first-order valence-electron chi connectivity index (χ1n) is 8.72. The quantitative estimate of drug-likeness (QED) is 0.412. The van der Waals surface area contributed by atoms with Crippen LogP contribution >= 0.6 is 40.7 Å². The van der Waals surface area contributed by atoms with E-state index in [-0.39, 0.29) is 30.9 Å². The molecule has 0 fully saturated rings. The number of hydrogen-bond donors (Lipinski definition) is 3. The summed E-state index contributed by atoms with van der Waals surface area (Å²) in [5.41, 5.74) is 2.22. The lowest BCUT2D eigenvalue weighted by atomic mass is 10.2. The summed E-state index contributed by atoms with van der Waals surface area (Å²) in [4.78, 5) is 0. The highest BCUT2D eigenvalue weighted by Gasteiger charge is 2.12. The zero-order chi connectivity index (χ0) is 18.8. The third kappa shape index (κ3) is 9.45. The molecule has 0 spiro atoms. The number of ether oxygens (including phenoxy) is 2. The van der Waals surface area contributed by atoms with Crippen LogP contribution in [0.3, 0.4) is 0 Å². The maximum atomic E-state index is 9.20. The number of methoxy groups -OCH3 is 1. The average molecular weight is 496 g/mol. The van der Waals surface area contributed by atoms with Gasteiger partial charge in [0.05, 0.1) is 17.7 Å². The Labute approximate surface area is 188 Å². The van der Waals surface area contributed by atoms with Crippen molar-refractivity contribution in [3.05, 3.63) is 58.1 Å². The van der Waals surface area contributed by atoms with E-state index in [4.69, 9.17) is 9.47 Å². The molecule has 0 aliphatic heterocycles. The molecule has 0 aliphatic rings. The Hall–Kier alpha value is -1.02. The predicted molar refractivity (Wildman–Crippen MR) is 122 cm³/mol. The highest BCUT2D eigenvalue weighted by atomic mass is 79.9. The van der Waals surface area contributed by atoms with Gasteiger partial charge in [-0.1, -0.05) is 30.3 Å². The van der Waals surface area contributed by atoms with Crippen molar-refractivity contribution < 1.29 is 14.6 Å². The lowest BCUT2D eigenvalue weighted by molar-refractivity contribution is 0.191. The van der Waals surface area contributed by atoms with Crippen LogP contribution in [0.2, 0.25) is 0 Å². The van der Waals surface area contributed by atoms with E-state index in [1.54, 1.807) is 14.0 Å². The molecule has 0 saturated carbocycles. The topological polar surface area (TPSA) is 62.8 Å². The van der Waals surface area contributed by atoms with E-state index in [9.17, 15) is 5.11 Å². The first-order valence-corrected chi connectivity index (χ1v) is 9.52. The second-order valence-electron chi connectivity index (χ2n) is 6.11. The Bertz CT molecular complexity index is 676. The molecule has 1 unspecified atom stereocenters. The maximum absolute atomic E-state index is 9.20. The van der Waals surface area contributed by atoms with Crippen molar-refractivity contribution >= 4 is 40.7 Å². The SMILES string of the molecule is COc1cc(CNCCNCC(C)O)cc(Br)c1OCc1ccccc1.Cl.Cl. The molecule has 0 heterocycles. The Morgan fingerprint density at radius 3 is 2.36 bits per heavy atom. The van der Waals surface area contributed by atoms with E-state index in [2.05, 4.69) is 26.6 Å². The lowest BCUT2D eigenvalue weighted by Crippen LogP contribution is -2.31. The lowest BCUT2D eigenvalue weighted by Gasteiger charge is -2.15. The zero-order valence-electron chi connectivity index (χ0n) is 16.1. The number of nitrogens with one attached hydrogen (secondary N) is 2. The Kier molecular flexibility index (Phi) is 14.4. The van der Waals surface area contributed by atoms with Gasteiger partial charge in [0, 0.05) is 26.2 Å². The van der Waals surface area contributed by atoms with Crippen molar-refractivity contribution in [2.24, 2.45) is 0 Å². The fourth-order valence-corrected chi connectivity index (χ4v) is 3.07. The van der Waals surface area contributed by atoms with E-state index >= 15 is 0 Å². The number of aliphatic hydroxyl groups is 1. The standard InChI is InChI=1S/C20H27BrN2O3.2ClH/c1-15(24)12-22-8-9-23-13-17-10-18(21)20(19(11-17)25-2)26-14-16-6-4-3-5-7-16;;/h3-7,10-11,15,22-24H,8-9,12-14H2,1-2H3;2*1H. The van der Waals surface area contributed by atoms with Crippen molar-refractivity contribution in [2.45, 2.75) is 26.2 Å². The molecule has 0 bridgehead atoms. The van der Waals surface area contributed by atoms with E-state index < -0.39 is 0 Å². The summed E-state index contributed by atoms with van der Waals surface area (Å²) in [5, 5.41) is 15.8. The van der Waals surface area contributed by atoms with Gasteiger partial charge in [0.2, 0.25) is 0 Å². The van der Waals surface area contributed by atoms with Crippen LogP contribution < -0.4 is 20.1 Å². The number of benzene rings is 2. The molecule has 0 saturated heterocycles. The predicted octanol–water partition coefficient (Wildman–Crippen LogP) is 3.94. The molecule has 1 atom stereocenters. The normalized spacial score (nSPS) is 11.1. The zero-order valence-corrected chi connectivity index (χ0v) is 19.3. The number of halogens is 3. The van der Waals surface area contributed by atoms with Crippen molar-refractivity contribution in [1.82, 2.24) is 10.6 Å². The highest BCUT2D eigenvalue weighted by molar-refractivity contribution is 9.10. The van der Waals surface area contributed by atoms with Crippen molar-refractivity contribution in [2.75, 3.05) is 26.7 Å². The van der Waals surface area contributed by atoms with Gasteiger partial charge < -0.3 is 25.2 Å². The minimum Gasteiger partial charge on any atom is -0.493 e. The summed E-state index contributed by atoms with van der Waals surface area (Å²) in [7, 11) is 1.65. The molecule has 0 aromatic heterocycles. The summed E-state index contributed by atoms with van der Waals surface area (Å²) < 4.78 is 12.3. The minimum atomic E-state index is -0.321. The monoisotopic (exact) mass is 494 g/mol. The summed E-state index contributed by atoms with van der Waals surface area (Å²) in [6.45, 7) is 5.22. The maximum Gasteiger partial charge on any atom is 0.175 e. The van der Waals surface area contributed by atoms with Crippen molar-refractivity contribution in [3.8, 4) is 11.5 Å². The van der Waals surface area contributed by atoms with Crippen LogP contribution in [0.1, 0.15) is 18.1 Å². The van der Waals surface area contributed by atoms with Gasteiger partial charge in [-0.15, -0.1) is 24.8 Å². The second kappa shape index (κ2) is 14.9. The van der Waals surface area contributed by atoms with Gasteiger partial charge in [0.25, 0.3) is 0 Å². The average Bonchev–Trinajstić information content (AvgIpc) is 2.63. The van der Waals surface area contributed by atoms with Crippen LogP contribution in [-0.2, 0) is 13.2 Å². The van der Waals surface area contributed by atoms with Crippen molar-refractivity contribution in [1.29, 1.82) is 0 Å². The second-order valence-corrected chi connectivity index (χ2v) is 6.97. The molecule has 8 heteroatoms. The summed E-state index contributed by atoms with van der Waals surface area (Å²) in [6.07, 6.45) is -0.321. The largest absolute Gasteiger partial charge is 0.493 e. The number of aliphatic hydroxyl groups excluding tert-OH is 1. The first kappa shape index (κ1) is 27.0. The molecule has 0 aliphatic carbocycles. The van der Waals surface area contributed by atoms with Crippen LogP contribution in [0.5, 0.6) is 11.5 Å². The van der Waals surface area contributed by atoms with Crippen LogP contribution in [0.25, 0.3) is 0 Å². The van der Waals surface area contributed by atoms with Gasteiger partial charge in [-0.3, -0.25) is 0 Å². The van der Waals surface area contributed by atoms with Gasteiger partial charge in [-0.2, -0.15) is 0 Å². The molecule has 2 aromatic carbocycles. The van der Waals surface area contributed by atoms with Crippen LogP contribution in [-0.4, -0.2) is 38.0 Å². The molecule has 158 valence electrons. The smallest absolute Gasteiger partial charge is 0.175 e. The fourth-order valence-electron chi connectivity index (χ4n) is 2.47. The Balaban J connectivity index is 0.00000364. The van der Waals surface area contributed by atoms with Crippen LogP contribution in [0, 0.1) is 0 Å². The van der Waals surface area contributed by atoms with Gasteiger partial charge >= 0.3 is 0 Å². The number of hydrogen-bond acceptors (Lipinski definition) is 5. The van der Waals surface area contributed by atoms with Gasteiger partial charge in [-0.25, -0.2) is 0 Å². The van der Waals surface area contributed by atoms with Crippen molar-refractivity contribution in [3.63, 3.8) is 0 Å². The van der Waals surface area contributed by atoms with Gasteiger partial charge in [0.1, 0.15) is 6.61 Å². The van der Waals surface area contributed by atoms with E-state index in [1.165, 1.54) is 0 Å². The molecule has 3 N–H and O–H groups in total. The summed E-state index contributed by atoms with van der Waals surface area (Å²) in [5.74, 6) is 1.41. The van der Waals surface area contributed by atoms with Gasteiger partial charge in [0.15, 0.2) is 11.5 Å². The molecule has 2 aromatic rings.